The van der Waals surface area contributed by atoms with Crippen LogP contribution < -0.4 is 5.73 Å². The van der Waals surface area contributed by atoms with Crippen LogP contribution in [0, 0.1) is 0 Å². The average Bonchev–Trinajstić information content (AvgIpc) is 2.01. The molecule has 0 aliphatic heterocycles. The second-order valence-electron chi connectivity index (χ2n) is 2.13. The molecule has 3 nitrogen and oxygen atoms in total. The molecule has 4 N–H and O–H groups in total. The monoisotopic (exact) mass is 217 g/mol. The topological polar surface area (TPSA) is 66.5 Å². The van der Waals surface area contributed by atoms with Crippen molar-refractivity contribution in [1.82, 2.24) is 0 Å². The number of nitrogen functional groups attached to an aromatic ring is 1. The van der Waals surface area contributed by atoms with Gasteiger partial charge in [0.25, 0.3) is 0 Å². The number of aliphatic hydroxyl groups excluding tert-OH is 1. The predicted molar refractivity (Wildman–Crippen MR) is 46.1 cm³/mol. The first kappa shape index (κ1) is 8.36. The van der Waals surface area contributed by atoms with Crippen LogP contribution in [-0.2, 0) is 6.61 Å². The minimum absolute atomic E-state index is 0.0171. The van der Waals surface area contributed by atoms with Crippen LogP contribution in [0.3, 0.4) is 0 Å². The molecular weight excluding hydrogens is 210 g/mol. The standard InChI is InChI=1S/C7H8BrNO2/c8-6-4(3-10)1-2-5(9)7(6)11/h1-2,10-11H,3,9H2. The van der Waals surface area contributed by atoms with E-state index in [1.165, 1.54) is 0 Å². The second-order valence-corrected chi connectivity index (χ2v) is 2.93. The molecule has 0 unspecified atom stereocenters. The number of halogens is 1. The Morgan fingerprint density at radius 1 is 1.45 bits per heavy atom. The molecule has 0 radical (unpaired) electrons. The summed E-state index contributed by atoms with van der Waals surface area (Å²) in [5, 5.41) is 18.0. The largest absolute Gasteiger partial charge is 0.505 e. The molecule has 0 fully saturated rings. The van der Waals surface area contributed by atoms with Gasteiger partial charge in [0.2, 0.25) is 0 Å². The Balaban J connectivity index is 3.25. The first-order valence-corrected chi connectivity index (χ1v) is 3.82. The highest BCUT2D eigenvalue weighted by molar-refractivity contribution is 9.10. The molecule has 1 aromatic rings. The van der Waals surface area contributed by atoms with Crippen LogP contribution in [0.2, 0.25) is 0 Å². The molecule has 0 spiro atoms. The average molecular weight is 218 g/mol. The van der Waals surface area contributed by atoms with E-state index in [0.29, 0.717) is 15.7 Å². The summed E-state index contributed by atoms with van der Waals surface area (Å²) < 4.78 is 0.458. The maximum Gasteiger partial charge on any atom is 0.153 e. The fourth-order valence-electron chi connectivity index (χ4n) is 0.743. The molecule has 1 aromatic carbocycles. The van der Waals surface area contributed by atoms with Crippen LogP contribution in [0.25, 0.3) is 0 Å². The van der Waals surface area contributed by atoms with E-state index >= 15 is 0 Å². The number of rotatable bonds is 1. The van der Waals surface area contributed by atoms with Gasteiger partial charge in [0.05, 0.1) is 16.8 Å². The quantitative estimate of drug-likeness (QED) is 0.490. The summed E-state index contributed by atoms with van der Waals surface area (Å²) in [5.74, 6) is -0.0171. The fourth-order valence-corrected chi connectivity index (χ4v) is 1.23. The third-order valence-corrected chi connectivity index (χ3v) is 2.28. The summed E-state index contributed by atoms with van der Waals surface area (Å²) >= 11 is 3.10. The van der Waals surface area contributed by atoms with Gasteiger partial charge in [0.15, 0.2) is 5.75 Å². The number of phenolic OH excluding ortho intramolecular Hbond substituents is 1. The molecule has 0 aliphatic carbocycles. The van der Waals surface area contributed by atoms with Crippen LogP contribution >= 0.6 is 15.9 Å². The number of hydrogen-bond donors (Lipinski definition) is 3. The molecule has 0 bridgehead atoms. The Bertz CT molecular complexity index is 275. The van der Waals surface area contributed by atoms with E-state index in [1.54, 1.807) is 12.1 Å². The highest BCUT2D eigenvalue weighted by Crippen LogP contribution is 2.32. The maximum atomic E-state index is 9.24. The van der Waals surface area contributed by atoms with Gasteiger partial charge in [0, 0.05) is 0 Å². The first-order valence-electron chi connectivity index (χ1n) is 3.03. The Morgan fingerprint density at radius 2 is 2.09 bits per heavy atom. The van der Waals surface area contributed by atoms with Crippen LogP contribution in [0.15, 0.2) is 16.6 Å². The first-order chi connectivity index (χ1) is 5.16. The molecule has 0 aliphatic rings. The molecular formula is C7H8BrNO2. The van der Waals surface area contributed by atoms with Crippen molar-refractivity contribution in [1.29, 1.82) is 0 Å². The Hall–Kier alpha value is -0.740. The van der Waals surface area contributed by atoms with Crippen molar-refractivity contribution in [3.8, 4) is 5.75 Å². The van der Waals surface area contributed by atoms with Crippen LogP contribution in [0.5, 0.6) is 5.75 Å². The van der Waals surface area contributed by atoms with Crippen molar-refractivity contribution in [2.45, 2.75) is 6.61 Å². The van der Waals surface area contributed by atoms with Crippen molar-refractivity contribution in [2.24, 2.45) is 0 Å². The highest BCUT2D eigenvalue weighted by atomic mass is 79.9. The summed E-state index contributed by atoms with van der Waals surface area (Å²) in [6.07, 6.45) is 0. The van der Waals surface area contributed by atoms with E-state index in [4.69, 9.17) is 10.8 Å². The van der Waals surface area contributed by atoms with E-state index < -0.39 is 0 Å². The summed E-state index contributed by atoms with van der Waals surface area (Å²) in [4.78, 5) is 0. The molecule has 0 atom stereocenters. The van der Waals surface area contributed by atoms with Gasteiger partial charge < -0.3 is 15.9 Å². The van der Waals surface area contributed by atoms with E-state index in [1.807, 2.05) is 0 Å². The second kappa shape index (κ2) is 3.11. The third-order valence-electron chi connectivity index (χ3n) is 1.40. The normalized spacial score (nSPS) is 10.0. The molecule has 0 amide bonds. The Morgan fingerprint density at radius 3 is 2.64 bits per heavy atom. The summed E-state index contributed by atoms with van der Waals surface area (Å²) in [7, 11) is 0. The maximum absolute atomic E-state index is 9.24. The van der Waals surface area contributed by atoms with Gasteiger partial charge in [-0.1, -0.05) is 6.07 Å². The van der Waals surface area contributed by atoms with E-state index in [9.17, 15) is 5.11 Å². The summed E-state index contributed by atoms with van der Waals surface area (Å²) in [6.45, 7) is -0.117. The van der Waals surface area contributed by atoms with Gasteiger partial charge >= 0.3 is 0 Å². The molecule has 11 heavy (non-hydrogen) atoms. The van der Waals surface area contributed by atoms with Crippen molar-refractivity contribution < 1.29 is 10.2 Å². The minimum atomic E-state index is -0.117. The molecule has 0 heterocycles. The zero-order valence-electron chi connectivity index (χ0n) is 5.71. The van der Waals surface area contributed by atoms with Gasteiger partial charge in [-0.05, 0) is 27.6 Å². The van der Waals surface area contributed by atoms with Gasteiger partial charge in [0.1, 0.15) is 0 Å². The number of aliphatic hydroxyl groups is 1. The highest BCUT2D eigenvalue weighted by Gasteiger charge is 2.06. The van der Waals surface area contributed by atoms with Crippen molar-refractivity contribution in [3.05, 3.63) is 22.2 Å². The molecule has 1 rings (SSSR count). The summed E-state index contributed by atoms with van der Waals surface area (Å²) in [5.41, 5.74) is 6.30. The smallest absolute Gasteiger partial charge is 0.153 e. The lowest BCUT2D eigenvalue weighted by Crippen LogP contribution is -1.90. The minimum Gasteiger partial charge on any atom is -0.505 e. The van der Waals surface area contributed by atoms with Crippen LogP contribution in [0.1, 0.15) is 5.56 Å². The van der Waals surface area contributed by atoms with Gasteiger partial charge in [-0.25, -0.2) is 0 Å². The number of aromatic hydroxyl groups is 1. The fraction of sp³-hybridized carbons (Fsp3) is 0.143. The van der Waals surface area contributed by atoms with Crippen LogP contribution in [0.4, 0.5) is 5.69 Å². The molecule has 60 valence electrons. The van der Waals surface area contributed by atoms with Gasteiger partial charge in [-0.3, -0.25) is 0 Å². The van der Waals surface area contributed by atoms with Gasteiger partial charge in [-0.2, -0.15) is 0 Å². The third kappa shape index (κ3) is 1.46. The molecule has 0 saturated heterocycles. The SMILES string of the molecule is Nc1ccc(CO)c(Br)c1O. The van der Waals surface area contributed by atoms with Crippen molar-refractivity contribution >= 4 is 21.6 Å². The predicted octanol–water partition coefficient (Wildman–Crippen LogP) is 1.23. The van der Waals surface area contributed by atoms with Crippen molar-refractivity contribution in [2.75, 3.05) is 5.73 Å². The molecule has 0 saturated carbocycles. The molecule has 0 aromatic heterocycles. The lowest BCUT2D eigenvalue weighted by atomic mass is 10.2. The number of benzene rings is 1. The lowest BCUT2D eigenvalue weighted by molar-refractivity contribution is 0.280. The number of anilines is 1. The number of phenols is 1. The van der Waals surface area contributed by atoms with Gasteiger partial charge in [-0.15, -0.1) is 0 Å². The number of hydrogen-bond acceptors (Lipinski definition) is 3. The van der Waals surface area contributed by atoms with Crippen LogP contribution in [-0.4, -0.2) is 10.2 Å². The zero-order chi connectivity index (χ0) is 8.43. The van der Waals surface area contributed by atoms with E-state index in [-0.39, 0.29) is 12.4 Å². The summed E-state index contributed by atoms with van der Waals surface area (Å²) in [6, 6.07) is 3.20. The molecule has 4 heteroatoms. The Kier molecular flexibility index (Phi) is 2.36. The zero-order valence-corrected chi connectivity index (χ0v) is 7.30. The van der Waals surface area contributed by atoms with E-state index in [2.05, 4.69) is 15.9 Å². The van der Waals surface area contributed by atoms with E-state index in [0.717, 1.165) is 0 Å². The van der Waals surface area contributed by atoms with Crippen molar-refractivity contribution in [3.63, 3.8) is 0 Å². The Labute approximate surface area is 72.6 Å². The number of nitrogens with two attached hydrogens (primary N) is 1. The lowest BCUT2D eigenvalue weighted by Gasteiger charge is -2.04.